The minimum atomic E-state index is 0.652. The van der Waals surface area contributed by atoms with E-state index < -0.39 is 0 Å². The largest absolute Gasteiger partial charge is 0.496 e. The minimum absolute atomic E-state index is 0.652. The van der Waals surface area contributed by atoms with Gasteiger partial charge in [-0.1, -0.05) is 18.2 Å². The molecule has 0 aliphatic carbocycles. The molecule has 0 atom stereocenters. The molecule has 90 valence electrons. The molecule has 2 rings (SSSR count). The number of rotatable bonds is 5. The van der Waals surface area contributed by atoms with Crippen LogP contribution in [0.5, 0.6) is 5.75 Å². The molecule has 1 aromatic carbocycles. The van der Waals surface area contributed by atoms with E-state index in [2.05, 4.69) is 15.4 Å². The summed E-state index contributed by atoms with van der Waals surface area (Å²) in [6.07, 6.45) is 1.69. The van der Waals surface area contributed by atoms with Crippen LogP contribution in [0.3, 0.4) is 0 Å². The van der Waals surface area contributed by atoms with Crippen molar-refractivity contribution in [3.05, 3.63) is 42.0 Å². The SMILES string of the molecule is COc1ccccc1CNCc1ncn(C)n1. The highest BCUT2D eigenvalue weighted by molar-refractivity contribution is 5.32. The van der Waals surface area contributed by atoms with Gasteiger partial charge in [0.2, 0.25) is 0 Å². The van der Waals surface area contributed by atoms with Gasteiger partial charge in [-0.25, -0.2) is 4.98 Å². The summed E-state index contributed by atoms with van der Waals surface area (Å²) in [6, 6.07) is 7.95. The third kappa shape index (κ3) is 3.04. The molecule has 2 aromatic rings. The lowest BCUT2D eigenvalue weighted by Crippen LogP contribution is -2.14. The minimum Gasteiger partial charge on any atom is -0.496 e. The van der Waals surface area contributed by atoms with E-state index in [0.29, 0.717) is 6.54 Å². The molecule has 0 amide bonds. The predicted octanol–water partition coefficient (Wildman–Crippen LogP) is 1.11. The maximum absolute atomic E-state index is 5.28. The Labute approximate surface area is 100 Å². The second kappa shape index (κ2) is 5.45. The van der Waals surface area contributed by atoms with Gasteiger partial charge in [-0.2, -0.15) is 5.10 Å². The van der Waals surface area contributed by atoms with Crippen molar-refractivity contribution in [1.82, 2.24) is 20.1 Å². The number of hydrogen-bond donors (Lipinski definition) is 1. The first kappa shape index (κ1) is 11.6. The predicted molar refractivity (Wildman–Crippen MR) is 64.5 cm³/mol. The van der Waals surface area contributed by atoms with Crippen LogP contribution in [0.1, 0.15) is 11.4 Å². The number of hydrogen-bond acceptors (Lipinski definition) is 4. The Hall–Kier alpha value is -1.88. The number of benzene rings is 1. The zero-order chi connectivity index (χ0) is 12.1. The lowest BCUT2D eigenvalue weighted by atomic mass is 10.2. The first-order chi connectivity index (χ1) is 8.29. The van der Waals surface area contributed by atoms with Crippen molar-refractivity contribution in [2.75, 3.05) is 7.11 Å². The normalized spacial score (nSPS) is 10.5. The van der Waals surface area contributed by atoms with Gasteiger partial charge in [-0.3, -0.25) is 4.68 Å². The number of aryl methyl sites for hydroxylation is 1. The van der Waals surface area contributed by atoms with Crippen molar-refractivity contribution >= 4 is 0 Å². The fraction of sp³-hybridized carbons (Fsp3) is 0.333. The maximum Gasteiger partial charge on any atom is 0.164 e. The summed E-state index contributed by atoms with van der Waals surface area (Å²) in [4.78, 5) is 4.15. The molecule has 17 heavy (non-hydrogen) atoms. The molecule has 1 aromatic heterocycles. The van der Waals surface area contributed by atoms with Crippen molar-refractivity contribution in [3.8, 4) is 5.75 Å². The third-order valence-electron chi connectivity index (χ3n) is 2.44. The van der Waals surface area contributed by atoms with Crippen molar-refractivity contribution in [3.63, 3.8) is 0 Å². The molecule has 0 saturated heterocycles. The van der Waals surface area contributed by atoms with E-state index in [-0.39, 0.29) is 0 Å². The zero-order valence-corrected chi connectivity index (χ0v) is 10.1. The lowest BCUT2D eigenvalue weighted by Gasteiger charge is -2.08. The van der Waals surface area contributed by atoms with Gasteiger partial charge in [0.05, 0.1) is 13.7 Å². The molecular formula is C12H16N4O. The standard InChI is InChI=1S/C12H16N4O/c1-16-9-14-12(15-16)8-13-7-10-5-3-4-6-11(10)17-2/h3-6,9,13H,7-8H2,1-2H3. The van der Waals surface area contributed by atoms with Gasteiger partial charge in [-0.15, -0.1) is 0 Å². The molecule has 0 aliphatic heterocycles. The summed E-state index contributed by atoms with van der Waals surface area (Å²) in [7, 11) is 3.54. The van der Waals surface area contributed by atoms with Crippen LogP contribution in [0.25, 0.3) is 0 Å². The lowest BCUT2D eigenvalue weighted by molar-refractivity contribution is 0.407. The summed E-state index contributed by atoms with van der Waals surface area (Å²) in [6.45, 7) is 1.39. The molecule has 0 spiro atoms. The van der Waals surface area contributed by atoms with E-state index in [9.17, 15) is 0 Å². The number of methoxy groups -OCH3 is 1. The Morgan fingerprint density at radius 1 is 1.29 bits per heavy atom. The topological polar surface area (TPSA) is 52.0 Å². The second-order valence-corrected chi connectivity index (χ2v) is 3.75. The second-order valence-electron chi connectivity index (χ2n) is 3.75. The third-order valence-corrected chi connectivity index (χ3v) is 2.44. The maximum atomic E-state index is 5.28. The number of nitrogens with zero attached hydrogens (tertiary/aromatic N) is 3. The van der Waals surface area contributed by atoms with Gasteiger partial charge < -0.3 is 10.1 Å². The summed E-state index contributed by atoms with van der Waals surface area (Å²) in [5.41, 5.74) is 1.13. The van der Waals surface area contributed by atoms with Crippen LogP contribution in [0.15, 0.2) is 30.6 Å². The average Bonchev–Trinajstić information content (AvgIpc) is 2.76. The van der Waals surface area contributed by atoms with Crippen LogP contribution in [-0.2, 0) is 20.1 Å². The Kier molecular flexibility index (Phi) is 3.72. The molecule has 5 heteroatoms. The molecule has 0 fully saturated rings. The summed E-state index contributed by atoms with van der Waals surface area (Å²) in [5.74, 6) is 1.69. The van der Waals surface area contributed by atoms with Crippen LogP contribution in [0, 0.1) is 0 Å². The zero-order valence-electron chi connectivity index (χ0n) is 10.1. The highest BCUT2D eigenvalue weighted by Gasteiger charge is 2.02. The van der Waals surface area contributed by atoms with E-state index in [1.54, 1.807) is 18.1 Å². The van der Waals surface area contributed by atoms with Crippen molar-refractivity contribution in [1.29, 1.82) is 0 Å². The van der Waals surface area contributed by atoms with Gasteiger partial charge in [-0.05, 0) is 6.07 Å². The molecule has 5 nitrogen and oxygen atoms in total. The fourth-order valence-corrected chi connectivity index (χ4v) is 1.62. The van der Waals surface area contributed by atoms with Crippen LogP contribution in [0.4, 0.5) is 0 Å². The van der Waals surface area contributed by atoms with E-state index in [4.69, 9.17) is 4.74 Å². The Balaban J connectivity index is 1.89. The van der Waals surface area contributed by atoms with E-state index >= 15 is 0 Å². The quantitative estimate of drug-likeness (QED) is 0.839. The molecule has 0 unspecified atom stereocenters. The van der Waals surface area contributed by atoms with Gasteiger partial charge in [0.15, 0.2) is 5.82 Å². The Bertz CT molecular complexity index is 481. The smallest absolute Gasteiger partial charge is 0.164 e. The van der Waals surface area contributed by atoms with Crippen LogP contribution in [-0.4, -0.2) is 21.9 Å². The number of para-hydroxylation sites is 1. The van der Waals surface area contributed by atoms with E-state index in [1.807, 2.05) is 31.3 Å². The van der Waals surface area contributed by atoms with Crippen molar-refractivity contribution in [2.24, 2.45) is 7.05 Å². The molecular weight excluding hydrogens is 216 g/mol. The van der Waals surface area contributed by atoms with Crippen LogP contribution >= 0.6 is 0 Å². The number of aromatic nitrogens is 3. The fourth-order valence-electron chi connectivity index (χ4n) is 1.62. The van der Waals surface area contributed by atoms with E-state index in [1.165, 1.54) is 0 Å². The molecule has 0 bridgehead atoms. The van der Waals surface area contributed by atoms with Crippen molar-refractivity contribution < 1.29 is 4.74 Å². The summed E-state index contributed by atoms with van der Waals surface area (Å²) in [5, 5.41) is 7.48. The van der Waals surface area contributed by atoms with Gasteiger partial charge >= 0.3 is 0 Å². The number of ether oxygens (including phenoxy) is 1. The Morgan fingerprint density at radius 3 is 2.82 bits per heavy atom. The van der Waals surface area contributed by atoms with Gasteiger partial charge in [0.1, 0.15) is 12.1 Å². The summed E-state index contributed by atoms with van der Waals surface area (Å²) >= 11 is 0. The molecule has 0 radical (unpaired) electrons. The number of nitrogens with one attached hydrogen (secondary N) is 1. The van der Waals surface area contributed by atoms with Gasteiger partial charge in [0.25, 0.3) is 0 Å². The monoisotopic (exact) mass is 232 g/mol. The highest BCUT2D eigenvalue weighted by atomic mass is 16.5. The summed E-state index contributed by atoms with van der Waals surface area (Å²) < 4.78 is 6.97. The van der Waals surface area contributed by atoms with Crippen LogP contribution in [0.2, 0.25) is 0 Å². The van der Waals surface area contributed by atoms with Gasteiger partial charge in [0, 0.05) is 19.2 Å². The highest BCUT2D eigenvalue weighted by Crippen LogP contribution is 2.16. The molecule has 1 N–H and O–H groups in total. The first-order valence-corrected chi connectivity index (χ1v) is 5.46. The van der Waals surface area contributed by atoms with Crippen molar-refractivity contribution in [2.45, 2.75) is 13.1 Å². The Morgan fingerprint density at radius 2 is 2.12 bits per heavy atom. The average molecular weight is 232 g/mol. The van der Waals surface area contributed by atoms with Crippen LogP contribution < -0.4 is 10.1 Å². The van der Waals surface area contributed by atoms with E-state index in [0.717, 1.165) is 23.7 Å². The molecule has 0 aliphatic rings. The first-order valence-electron chi connectivity index (χ1n) is 5.46. The molecule has 1 heterocycles. The molecule has 0 saturated carbocycles.